The summed E-state index contributed by atoms with van der Waals surface area (Å²) in [6.07, 6.45) is 3.72. The van der Waals surface area contributed by atoms with Crippen LogP contribution < -0.4 is 10.6 Å². The first kappa shape index (κ1) is 21.3. The molecule has 2 heterocycles. The van der Waals surface area contributed by atoms with Crippen molar-refractivity contribution in [2.45, 2.75) is 42.6 Å². The van der Waals surface area contributed by atoms with Crippen LogP contribution in [0.25, 0.3) is 0 Å². The van der Waals surface area contributed by atoms with Gasteiger partial charge in [-0.3, -0.25) is 9.59 Å². The second kappa shape index (κ2) is 8.32. The normalized spacial score (nSPS) is 13.5. The number of amides is 2. The molecule has 0 atom stereocenters. The summed E-state index contributed by atoms with van der Waals surface area (Å²) in [5, 5.41) is 5.52. The highest BCUT2D eigenvalue weighted by Gasteiger charge is 2.28. The Morgan fingerprint density at radius 1 is 1.00 bits per heavy atom. The fourth-order valence-corrected chi connectivity index (χ4v) is 6.06. The smallest absolute Gasteiger partial charge is 0.292 e. The van der Waals surface area contributed by atoms with Crippen molar-refractivity contribution in [1.82, 2.24) is 5.32 Å². The predicted molar refractivity (Wildman–Crippen MR) is 118 cm³/mol. The zero-order chi connectivity index (χ0) is 22.2. The summed E-state index contributed by atoms with van der Waals surface area (Å²) in [5.41, 5.74) is 2.40. The van der Waals surface area contributed by atoms with E-state index in [0.29, 0.717) is 10.6 Å². The molecule has 4 rings (SSSR count). The Morgan fingerprint density at radius 3 is 2.42 bits per heavy atom. The van der Waals surface area contributed by atoms with E-state index in [1.807, 2.05) is 6.92 Å². The van der Waals surface area contributed by atoms with Crippen LogP contribution in [0.1, 0.15) is 49.8 Å². The average Bonchev–Trinajstić information content (AvgIpc) is 3.39. The molecule has 0 fully saturated rings. The molecule has 31 heavy (non-hydrogen) atoms. The summed E-state index contributed by atoms with van der Waals surface area (Å²) >= 11 is 1.39. The molecular formula is C22H22N2O5S2. The number of thiophene rings is 1. The van der Waals surface area contributed by atoms with Crippen LogP contribution >= 0.6 is 11.3 Å². The van der Waals surface area contributed by atoms with Gasteiger partial charge in [-0.05, 0) is 62.4 Å². The Morgan fingerprint density at radius 2 is 1.71 bits per heavy atom. The van der Waals surface area contributed by atoms with E-state index in [2.05, 4.69) is 10.6 Å². The van der Waals surface area contributed by atoms with Crippen molar-refractivity contribution in [3.05, 3.63) is 63.7 Å². The Balaban J connectivity index is 1.61. The number of carbonyl (C=O) groups excluding carboxylic acids is 2. The molecule has 0 spiro atoms. The first-order chi connectivity index (χ1) is 14.8. The molecule has 0 saturated heterocycles. The molecular weight excluding hydrogens is 436 g/mol. The number of benzene rings is 1. The van der Waals surface area contributed by atoms with Gasteiger partial charge in [0, 0.05) is 11.9 Å². The van der Waals surface area contributed by atoms with Crippen LogP contribution in [-0.4, -0.2) is 27.3 Å². The quantitative estimate of drug-likeness (QED) is 0.602. The second-order valence-electron chi connectivity index (χ2n) is 7.38. The van der Waals surface area contributed by atoms with Gasteiger partial charge in [0.2, 0.25) is 14.9 Å². The van der Waals surface area contributed by atoms with Gasteiger partial charge in [-0.25, -0.2) is 8.42 Å². The van der Waals surface area contributed by atoms with Crippen LogP contribution in [0, 0.1) is 6.92 Å². The van der Waals surface area contributed by atoms with Crippen LogP contribution in [0.5, 0.6) is 0 Å². The summed E-state index contributed by atoms with van der Waals surface area (Å²) in [7, 11) is -2.33. The van der Waals surface area contributed by atoms with Crippen LogP contribution in [0.3, 0.4) is 0 Å². The number of carbonyl (C=O) groups is 2. The van der Waals surface area contributed by atoms with Gasteiger partial charge in [-0.1, -0.05) is 17.7 Å². The lowest BCUT2D eigenvalue weighted by atomic mass is 9.95. The average molecular weight is 459 g/mol. The lowest BCUT2D eigenvalue weighted by molar-refractivity contribution is 0.0963. The van der Waals surface area contributed by atoms with Crippen molar-refractivity contribution in [3.63, 3.8) is 0 Å². The van der Waals surface area contributed by atoms with Gasteiger partial charge in [0.1, 0.15) is 5.00 Å². The third-order valence-electron chi connectivity index (χ3n) is 5.25. The van der Waals surface area contributed by atoms with Gasteiger partial charge in [-0.2, -0.15) is 0 Å². The van der Waals surface area contributed by atoms with E-state index >= 15 is 0 Å². The molecule has 0 aliphatic heterocycles. The maximum atomic E-state index is 12.8. The summed E-state index contributed by atoms with van der Waals surface area (Å²) in [6, 6.07) is 8.98. The highest BCUT2D eigenvalue weighted by Crippen LogP contribution is 2.38. The monoisotopic (exact) mass is 458 g/mol. The zero-order valence-electron chi connectivity index (χ0n) is 17.2. The van der Waals surface area contributed by atoms with Crippen molar-refractivity contribution >= 4 is 38.0 Å². The fourth-order valence-electron chi connectivity index (χ4n) is 3.60. The second-order valence-corrected chi connectivity index (χ2v) is 10.4. The van der Waals surface area contributed by atoms with Gasteiger partial charge >= 0.3 is 0 Å². The van der Waals surface area contributed by atoms with E-state index in [-0.39, 0.29) is 21.7 Å². The SMILES string of the molecule is CNC(=O)c1c(NC(=O)c2ccc(S(=O)(=O)c3ccc(C)cc3)o2)sc2c1CCCC2. The van der Waals surface area contributed by atoms with Crippen molar-refractivity contribution in [2.75, 3.05) is 12.4 Å². The van der Waals surface area contributed by atoms with Gasteiger partial charge in [-0.15, -0.1) is 11.3 Å². The third-order valence-corrected chi connectivity index (χ3v) is 8.10. The Labute approximate surface area is 184 Å². The standard InChI is InChI=1S/C22H22N2O5S2/c1-13-7-9-14(10-8-13)31(27,28)18-12-11-16(29-18)20(25)24-22-19(21(26)23-2)15-5-3-4-6-17(15)30-22/h7-12H,3-6H2,1-2H3,(H,23,26)(H,24,25). The van der Waals surface area contributed by atoms with E-state index in [9.17, 15) is 18.0 Å². The van der Waals surface area contributed by atoms with E-state index in [1.54, 1.807) is 19.2 Å². The number of furan rings is 1. The molecule has 3 aromatic rings. The number of hydrogen-bond acceptors (Lipinski definition) is 6. The van der Waals surface area contributed by atoms with E-state index < -0.39 is 15.7 Å². The minimum absolute atomic E-state index is 0.0900. The predicted octanol–water partition coefficient (Wildman–Crippen LogP) is 3.97. The molecule has 1 aromatic carbocycles. The number of aryl methyl sites for hydroxylation is 2. The van der Waals surface area contributed by atoms with Crippen molar-refractivity contribution in [2.24, 2.45) is 0 Å². The maximum absolute atomic E-state index is 12.8. The number of anilines is 1. The van der Waals surface area contributed by atoms with Crippen molar-refractivity contribution in [1.29, 1.82) is 0 Å². The molecule has 162 valence electrons. The number of nitrogens with one attached hydrogen (secondary N) is 2. The lowest BCUT2D eigenvalue weighted by Crippen LogP contribution is -2.22. The molecule has 1 aliphatic carbocycles. The molecule has 2 amide bonds. The highest BCUT2D eigenvalue weighted by atomic mass is 32.2. The van der Waals surface area contributed by atoms with E-state index in [0.717, 1.165) is 41.7 Å². The molecule has 0 bridgehead atoms. The van der Waals surface area contributed by atoms with E-state index in [1.165, 1.54) is 35.6 Å². The fraction of sp³-hybridized carbons (Fsp3) is 0.273. The van der Waals surface area contributed by atoms with Gasteiger partial charge in [0.05, 0.1) is 10.5 Å². The van der Waals surface area contributed by atoms with Gasteiger partial charge < -0.3 is 15.1 Å². The number of hydrogen-bond donors (Lipinski definition) is 2. The van der Waals surface area contributed by atoms with Crippen LogP contribution in [0.2, 0.25) is 0 Å². The Kier molecular flexibility index (Phi) is 5.72. The minimum Gasteiger partial charge on any atom is -0.439 e. The zero-order valence-corrected chi connectivity index (χ0v) is 18.8. The molecule has 0 radical (unpaired) electrons. The number of sulfone groups is 1. The first-order valence-electron chi connectivity index (χ1n) is 9.91. The molecule has 2 N–H and O–H groups in total. The molecule has 0 saturated carbocycles. The molecule has 9 heteroatoms. The molecule has 1 aliphatic rings. The van der Waals surface area contributed by atoms with Gasteiger partial charge in [0.15, 0.2) is 5.76 Å². The van der Waals surface area contributed by atoms with Crippen LogP contribution in [0.15, 0.2) is 50.8 Å². The lowest BCUT2D eigenvalue weighted by Gasteiger charge is -2.12. The van der Waals surface area contributed by atoms with Crippen LogP contribution in [0.4, 0.5) is 5.00 Å². The first-order valence-corrected chi connectivity index (χ1v) is 12.2. The third kappa shape index (κ3) is 4.03. The molecule has 7 nitrogen and oxygen atoms in total. The van der Waals surface area contributed by atoms with Gasteiger partial charge in [0.25, 0.3) is 11.8 Å². The van der Waals surface area contributed by atoms with E-state index in [4.69, 9.17) is 4.42 Å². The summed E-state index contributed by atoms with van der Waals surface area (Å²) in [5.74, 6) is -0.995. The summed E-state index contributed by atoms with van der Waals surface area (Å²) < 4.78 is 31.0. The number of rotatable bonds is 5. The Bertz CT molecular complexity index is 1250. The molecule has 0 unspecified atom stereocenters. The molecule has 2 aromatic heterocycles. The van der Waals surface area contributed by atoms with Crippen molar-refractivity contribution in [3.8, 4) is 0 Å². The van der Waals surface area contributed by atoms with Crippen molar-refractivity contribution < 1.29 is 22.4 Å². The summed E-state index contributed by atoms with van der Waals surface area (Å²) in [4.78, 5) is 26.4. The largest absolute Gasteiger partial charge is 0.439 e. The highest BCUT2D eigenvalue weighted by molar-refractivity contribution is 7.91. The maximum Gasteiger partial charge on any atom is 0.292 e. The Hall–Kier alpha value is -2.91. The van der Waals surface area contributed by atoms with Crippen LogP contribution in [-0.2, 0) is 22.7 Å². The number of fused-ring (bicyclic) bond motifs is 1. The topological polar surface area (TPSA) is 105 Å². The minimum atomic E-state index is -3.88. The summed E-state index contributed by atoms with van der Waals surface area (Å²) in [6.45, 7) is 1.86.